The third-order valence-electron chi connectivity index (χ3n) is 5.44. The maximum Gasteiger partial charge on any atom is 0.257 e. The lowest BCUT2D eigenvalue weighted by Crippen LogP contribution is -2.37. The van der Waals surface area contributed by atoms with Gasteiger partial charge in [-0.05, 0) is 18.1 Å². The standard InChI is InChI=1S/C21H23N3O5S/c1-23-11-17(25)22-20-19(21(23)27)14-6-7-24(10-16(14)30-20)18(26)8-12-4-5-13(28-2)9-15(12)29-3/h4-5,9H,6-8,10-11H2,1-3H3,(H,22,25). The molecular formula is C21H23N3O5S. The molecule has 2 aromatic rings. The quantitative estimate of drug-likeness (QED) is 0.802. The molecule has 0 atom stereocenters. The van der Waals surface area contributed by atoms with Crippen LogP contribution >= 0.6 is 11.3 Å². The number of fused-ring (bicyclic) bond motifs is 3. The summed E-state index contributed by atoms with van der Waals surface area (Å²) in [6, 6.07) is 5.40. The van der Waals surface area contributed by atoms with Crippen molar-refractivity contribution in [3.63, 3.8) is 0 Å². The average molecular weight is 429 g/mol. The summed E-state index contributed by atoms with van der Waals surface area (Å²) in [7, 11) is 4.78. The Morgan fingerprint density at radius 1 is 1.20 bits per heavy atom. The minimum atomic E-state index is -0.206. The monoisotopic (exact) mass is 429 g/mol. The topological polar surface area (TPSA) is 88.2 Å². The number of amides is 3. The van der Waals surface area contributed by atoms with Crippen molar-refractivity contribution in [1.82, 2.24) is 9.80 Å². The van der Waals surface area contributed by atoms with Crippen molar-refractivity contribution in [3.05, 3.63) is 39.8 Å². The van der Waals surface area contributed by atoms with Crippen LogP contribution in [0.25, 0.3) is 0 Å². The molecule has 158 valence electrons. The first-order valence-corrected chi connectivity index (χ1v) is 10.4. The number of thiophene rings is 1. The van der Waals surface area contributed by atoms with Crippen LogP contribution in [0.15, 0.2) is 18.2 Å². The lowest BCUT2D eigenvalue weighted by Gasteiger charge is -2.28. The Bertz CT molecular complexity index is 1030. The van der Waals surface area contributed by atoms with E-state index in [-0.39, 0.29) is 30.7 Å². The van der Waals surface area contributed by atoms with E-state index in [1.807, 2.05) is 6.07 Å². The van der Waals surface area contributed by atoms with E-state index in [0.717, 1.165) is 16.0 Å². The number of likely N-dealkylation sites (N-methyl/N-ethyl adjacent to an activating group) is 1. The number of carbonyl (C=O) groups is 3. The maximum absolute atomic E-state index is 13.0. The largest absolute Gasteiger partial charge is 0.497 e. The molecule has 0 saturated carbocycles. The zero-order valence-corrected chi connectivity index (χ0v) is 17.9. The van der Waals surface area contributed by atoms with Gasteiger partial charge in [-0.25, -0.2) is 0 Å². The molecule has 1 aromatic heterocycles. The summed E-state index contributed by atoms with van der Waals surface area (Å²) in [4.78, 5) is 41.9. The molecule has 0 bridgehead atoms. The Hall–Kier alpha value is -3.07. The maximum atomic E-state index is 13.0. The number of benzene rings is 1. The van der Waals surface area contributed by atoms with E-state index >= 15 is 0 Å². The van der Waals surface area contributed by atoms with Crippen molar-refractivity contribution in [2.24, 2.45) is 0 Å². The molecule has 9 heteroatoms. The summed E-state index contributed by atoms with van der Waals surface area (Å²) in [6.07, 6.45) is 0.800. The highest BCUT2D eigenvalue weighted by Gasteiger charge is 2.33. The first-order chi connectivity index (χ1) is 14.4. The van der Waals surface area contributed by atoms with Crippen LogP contribution < -0.4 is 14.8 Å². The van der Waals surface area contributed by atoms with Crippen LogP contribution in [-0.4, -0.2) is 61.9 Å². The Kier molecular flexibility index (Phi) is 5.38. The number of hydrogen-bond donors (Lipinski definition) is 1. The fourth-order valence-electron chi connectivity index (χ4n) is 3.85. The average Bonchev–Trinajstić information content (AvgIpc) is 3.04. The highest BCUT2D eigenvalue weighted by atomic mass is 32.1. The normalized spacial score (nSPS) is 15.8. The van der Waals surface area contributed by atoms with Gasteiger partial charge in [0.05, 0.1) is 39.3 Å². The zero-order valence-electron chi connectivity index (χ0n) is 17.1. The van der Waals surface area contributed by atoms with Gasteiger partial charge in [0.25, 0.3) is 5.91 Å². The fourth-order valence-corrected chi connectivity index (χ4v) is 5.12. The first kappa shape index (κ1) is 20.2. The van der Waals surface area contributed by atoms with Gasteiger partial charge in [-0.1, -0.05) is 6.07 Å². The molecule has 30 heavy (non-hydrogen) atoms. The Labute approximate surface area is 178 Å². The van der Waals surface area contributed by atoms with Crippen molar-refractivity contribution in [2.45, 2.75) is 19.4 Å². The van der Waals surface area contributed by atoms with Crippen molar-refractivity contribution in [1.29, 1.82) is 0 Å². The molecule has 1 N–H and O–H groups in total. The molecule has 4 rings (SSSR count). The first-order valence-electron chi connectivity index (χ1n) is 9.59. The van der Waals surface area contributed by atoms with E-state index in [2.05, 4.69) is 5.32 Å². The molecule has 0 aliphatic carbocycles. The predicted molar refractivity (Wildman–Crippen MR) is 112 cm³/mol. The second-order valence-corrected chi connectivity index (χ2v) is 8.44. The molecule has 0 spiro atoms. The van der Waals surface area contributed by atoms with Gasteiger partial charge >= 0.3 is 0 Å². The lowest BCUT2D eigenvalue weighted by atomic mass is 10.0. The van der Waals surface area contributed by atoms with Crippen molar-refractivity contribution in [2.75, 3.05) is 39.7 Å². The number of rotatable bonds is 4. The van der Waals surface area contributed by atoms with Gasteiger partial charge in [0, 0.05) is 30.1 Å². The van der Waals surface area contributed by atoms with Crippen LogP contribution in [0.1, 0.15) is 26.4 Å². The van der Waals surface area contributed by atoms with E-state index in [9.17, 15) is 14.4 Å². The third kappa shape index (κ3) is 3.60. The van der Waals surface area contributed by atoms with Gasteiger partial charge in [-0.3, -0.25) is 14.4 Å². The summed E-state index contributed by atoms with van der Waals surface area (Å²) in [5.41, 5.74) is 2.31. The smallest absolute Gasteiger partial charge is 0.257 e. The minimum absolute atomic E-state index is 0.0137. The molecule has 0 saturated heterocycles. The number of nitrogens with one attached hydrogen (secondary N) is 1. The summed E-state index contributed by atoms with van der Waals surface area (Å²) in [6.45, 7) is 0.999. The highest BCUT2D eigenvalue weighted by molar-refractivity contribution is 7.17. The van der Waals surface area contributed by atoms with E-state index in [1.54, 1.807) is 38.3 Å². The van der Waals surface area contributed by atoms with Gasteiger partial charge in [0.2, 0.25) is 11.8 Å². The summed E-state index contributed by atoms with van der Waals surface area (Å²) >= 11 is 1.39. The predicted octanol–water partition coefficient (Wildman–Crippen LogP) is 1.92. The number of ether oxygens (including phenoxy) is 2. The van der Waals surface area contributed by atoms with Crippen LogP contribution in [0.3, 0.4) is 0 Å². The van der Waals surface area contributed by atoms with Gasteiger partial charge in [-0.2, -0.15) is 0 Å². The van der Waals surface area contributed by atoms with Crippen LogP contribution in [0.5, 0.6) is 11.5 Å². The van der Waals surface area contributed by atoms with Crippen molar-refractivity contribution < 1.29 is 23.9 Å². The minimum Gasteiger partial charge on any atom is -0.497 e. The molecule has 3 amide bonds. The number of methoxy groups -OCH3 is 2. The number of hydrogen-bond acceptors (Lipinski definition) is 6. The molecule has 0 radical (unpaired) electrons. The Balaban J connectivity index is 1.54. The Morgan fingerprint density at radius 2 is 2.00 bits per heavy atom. The lowest BCUT2D eigenvalue weighted by molar-refractivity contribution is -0.131. The van der Waals surface area contributed by atoms with E-state index in [1.165, 1.54) is 16.2 Å². The van der Waals surface area contributed by atoms with E-state index in [4.69, 9.17) is 9.47 Å². The SMILES string of the molecule is COc1ccc(CC(=O)N2CCc3c(sc4c3C(=O)N(C)CC(=O)N4)C2)c(OC)c1. The van der Waals surface area contributed by atoms with Gasteiger partial charge in [0.15, 0.2) is 0 Å². The summed E-state index contributed by atoms with van der Waals surface area (Å²) in [5.74, 6) is 0.911. The molecule has 2 aliphatic rings. The number of carbonyl (C=O) groups excluding carboxylic acids is 3. The molecule has 0 unspecified atom stereocenters. The van der Waals surface area contributed by atoms with Gasteiger partial charge in [-0.15, -0.1) is 11.3 Å². The molecule has 0 fully saturated rings. The van der Waals surface area contributed by atoms with Gasteiger partial charge in [0.1, 0.15) is 16.5 Å². The van der Waals surface area contributed by atoms with E-state index < -0.39 is 0 Å². The third-order valence-corrected chi connectivity index (χ3v) is 6.57. The zero-order chi connectivity index (χ0) is 21.4. The van der Waals surface area contributed by atoms with E-state index in [0.29, 0.717) is 41.6 Å². The summed E-state index contributed by atoms with van der Waals surface area (Å²) < 4.78 is 10.6. The second kappa shape index (κ2) is 7.98. The molecule has 2 aliphatic heterocycles. The van der Waals surface area contributed by atoms with Gasteiger partial charge < -0.3 is 24.6 Å². The van der Waals surface area contributed by atoms with Crippen LogP contribution in [0, 0.1) is 0 Å². The molecule has 8 nitrogen and oxygen atoms in total. The fraction of sp³-hybridized carbons (Fsp3) is 0.381. The summed E-state index contributed by atoms with van der Waals surface area (Å²) in [5, 5.41) is 3.42. The molecule has 1 aromatic carbocycles. The molecular weight excluding hydrogens is 406 g/mol. The van der Waals surface area contributed by atoms with Crippen molar-refractivity contribution in [3.8, 4) is 11.5 Å². The van der Waals surface area contributed by atoms with Crippen LogP contribution in [-0.2, 0) is 29.0 Å². The second-order valence-electron chi connectivity index (χ2n) is 7.34. The highest BCUT2D eigenvalue weighted by Crippen LogP contribution is 2.39. The van der Waals surface area contributed by atoms with Crippen LogP contribution in [0.4, 0.5) is 5.00 Å². The number of anilines is 1. The Morgan fingerprint density at radius 3 is 2.73 bits per heavy atom. The van der Waals surface area contributed by atoms with Crippen molar-refractivity contribution >= 4 is 34.1 Å². The number of nitrogens with zero attached hydrogens (tertiary/aromatic N) is 2. The van der Waals surface area contributed by atoms with Crippen LogP contribution in [0.2, 0.25) is 0 Å². The molecule has 3 heterocycles.